The number of aromatic nitrogens is 4. The maximum Gasteiger partial charge on any atom is 0.278 e. The average molecular weight is 409 g/mol. The van der Waals surface area contributed by atoms with Gasteiger partial charge >= 0.3 is 0 Å². The van der Waals surface area contributed by atoms with Crippen LogP contribution in [0.25, 0.3) is 11.3 Å². The van der Waals surface area contributed by atoms with E-state index in [1.807, 2.05) is 24.3 Å². The summed E-state index contributed by atoms with van der Waals surface area (Å²) in [6, 6.07) is 9.39. The fourth-order valence-electron chi connectivity index (χ4n) is 3.52. The van der Waals surface area contributed by atoms with Crippen LogP contribution in [0.3, 0.4) is 0 Å². The van der Waals surface area contributed by atoms with E-state index >= 15 is 0 Å². The Kier molecular flexibility index (Phi) is 5.51. The molecule has 3 aromatic rings. The molecular weight excluding hydrogens is 386 g/mol. The number of hydrogen-bond donors (Lipinski definition) is 0. The second kappa shape index (κ2) is 8.40. The molecule has 1 unspecified atom stereocenters. The molecule has 0 aliphatic carbocycles. The van der Waals surface area contributed by atoms with Gasteiger partial charge in [0.15, 0.2) is 0 Å². The normalized spacial score (nSPS) is 15.8. The SMILES string of the molecule is COc1ccccc1-c1cc(C(=O)N2CCC(Oc3nccnc3OC)C2)n(C)n1. The quantitative estimate of drug-likeness (QED) is 0.616. The van der Waals surface area contributed by atoms with Crippen LogP contribution in [0, 0.1) is 0 Å². The van der Waals surface area contributed by atoms with Crippen molar-refractivity contribution >= 4 is 5.91 Å². The molecule has 2 aromatic heterocycles. The number of rotatable bonds is 6. The van der Waals surface area contributed by atoms with Crippen molar-refractivity contribution in [3.05, 3.63) is 48.4 Å². The van der Waals surface area contributed by atoms with Crippen molar-refractivity contribution in [1.82, 2.24) is 24.6 Å². The number of methoxy groups -OCH3 is 2. The summed E-state index contributed by atoms with van der Waals surface area (Å²) in [7, 11) is 4.90. The first kappa shape index (κ1) is 19.7. The van der Waals surface area contributed by atoms with E-state index in [4.69, 9.17) is 14.2 Å². The van der Waals surface area contributed by atoms with Gasteiger partial charge in [0.2, 0.25) is 0 Å². The molecule has 1 atom stereocenters. The van der Waals surface area contributed by atoms with Crippen LogP contribution in [0.5, 0.6) is 17.5 Å². The van der Waals surface area contributed by atoms with Gasteiger partial charge in [0.1, 0.15) is 17.5 Å². The lowest BCUT2D eigenvalue weighted by Gasteiger charge is -2.17. The molecule has 4 rings (SSSR count). The first-order valence-electron chi connectivity index (χ1n) is 9.59. The van der Waals surface area contributed by atoms with Crippen LogP contribution >= 0.6 is 0 Å². The third-order valence-corrected chi connectivity index (χ3v) is 5.02. The molecule has 1 aliphatic rings. The lowest BCUT2D eigenvalue weighted by molar-refractivity contribution is 0.0759. The van der Waals surface area contributed by atoms with E-state index in [9.17, 15) is 4.79 Å². The van der Waals surface area contributed by atoms with Crippen molar-refractivity contribution < 1.29 is 19.0 Å². The number of carbonyl (C=O) groups excluding carboxylic acids is 1. The number of likely N-dealkylation sites (tertiary alicyclic amines) is 1. The zero-order chi connectivity index (χ0) is 21.1. The third-order valence-electron chi connectivity index (χ3n) is 5.02. The molecule has 0 N–H and O–H groups in total. The molecule has 0 saturated carbocycles. The molecule has 9 heteroatoms. The summed E-state index contributed by atoms with van der Waals surface area (Å²) < 4.78 is 18.1. The van der Waals surface area contributed by atoms with Crippen molar-refractivity contribution in [1.29, 1.82) is 0 Å². The minimum Gasteiger partial charge on any atom is -0.496 e. The van der Waals surface area contributed by atoms with Crippen LogP contribution in [0.2, 0.25) is 0 Å². The van der Waals surface area contributed by atoms with Crippen LogP contribution in [-0.2, 0) is 7.05 Å². The molecule has 3 heterocycles. The number of amides is 1. The maximum absolute atomic E-state index is 13.1. The Bertz CT molecular complexity index is 1050. The molecule has 0 spiro atoms. The predicted octanol–water partition coefficient (Wildman–Crippen LogP) is 2.19. The van der Waals surface area contributed by atoms with Crippen LogP contribution < -0.4 is 14.2 Å². The second-order valence-corrected chi connectivity index (χ2v) is 6.89. The summed E-state index contributed by atoms with van der Waals surface area (Å²) >= 11 is 0. The van der Waals surface area contributed by atoms with Crippen molar-refractivity contribution in [3.8, 4) is 28.8 Å². The van der Waals surface area contributed by atoms with Crippen molar-refractivity contribution in [3.63, 3.8) is 0 Å². The average Bonchev–Trinajstić information content (AvgIpc) is 3.40. The summed E-state index contributed by atoms with van der Waals surface area (Å²) in [5.41, 5.74) is 2.04. The van der Waals surface area contributed by atoms with Crippen LogP contribution in [0.1, 0.15) is 16.9 Å². The van der Waals surface area contributed by atoms with Gasteiger partial charge in [-0.1, -0.05) is 12.1 Å². The number of ether oxygens (including phenoxy) is 3. The number of nitrogens with zero attached hydrogens (tertiary/aromatic N) is 5. The third kappa shape index (κ3) is 3.78. The largest absolute Gasteiger partial charge is 0.496 e. The Labute approximate surface area is 174 Å². The Morgan fingerprint density at radius 2 is 1.87 bits per heavy atom. The van der Waals surface area contributed by atoms with Crippen LogP contribution in [0.4, 0.5) is 0 Å². The number of carbonyl (C=O) groups is 1. The molecule has 9 nitrogen and oxygen atoms in total. The Morgan fingerprint density at radius 3 is 2.63 bits per heavy atom. The number of aryl methyl sites for hydroxylation is 1. The molecule has 0 bridgehead atoms. The molecule has 1 saturated heterocycles. The van der Waals surface area contributed by atoms with Gasteiger partial charge in [0, 0.05) is 38.0 Å². The van der Waals surface area contributed by atoms with E-state index in [-0.39, 0.29) is 12.0 Å². The van der Waals surface area contributed by atoms with E-state index in [1.165, 1.54) is 13.3 Å². The summed E-state index contributed by atoms with van der Waals surface area (Å²) in [6.45, 7) is 1.04. The van der Waals surface area contributed by atoms with E-state index in [1.54, 1.807) is 36.0 Å². The van der Waals surface area contributed by atoms with Crippen LogP contribution in [-0.4, -0.2) is 64.0 Å². The second-order valence-electron chi connectivity index (χ2n) is 6.89. The van der Waals surface area contributed by atoms with E-state index < -0.39 is 0 Å². The molecule has 30 heavy (non-hydrogen) atoms. The van der Waals surface area contributed by atoms with Gasteiger partial charge in [-0.25, -0.2) is 9.97 Å². The predicted molar refractivity (Wildman–Crippen MR) is 109 cm³/mol. The highest BCUT2D eigenvalue weighted by molar-refractivity contribution is 5.94. The van der Waals surface area contributed by atoms with Crippen molar-refractivity contribution in [2.45, 2.75) is 12.5 Å². The molecule has 1 aliphatic heterocycles. The lowest BCUT2D eigenvalue weighted by Crippen LogP contribution is -2.32. The number of hydrogen-bond acceptors (Lipinski definition) is 7. The topological polar surface area (TPSA) is 91.6 Å². The first-order chi connectivity index (χ1) is 14.6. The highest BCUT2D eigenvalue weighted by Crippen LogP contribution is 2.30. The maximum atomic E-state index is 13.1. The van der Waals surface area contributed by atoms with Gasteiger partial charge in [-0.05, 0) is 18.2 Å². The van der Waals surface area contributed by atoms with Gasteiger partial charge in [-0.15, -0.1) is 0 Å². The van der Waals surface area contributed by atoms with Crippen molar-refractivity contribution in [2.75, 3.05) is 27.3 Å². The smallest absolute Gasteiger partial charge is 0.278 e. The summed E-state index contributed by atoms with van der Waals surface area (Å²) in [5, 5.41) is 4.51. The number of benzene rings is 1. The molecule has 0 radical (unpaired) electrons. The Hall–Kier alpha value is -3.62. The zero-order valence-electron chi connectivity index (χ0n) is 17.1. The van der Waals surface area contributed by atoms with Crippen molar-refractivity contribution in [2.24, 2.45) is 7.05 Å². The van der Waals surface area contributed by atoms with E-state index in [0.29, 0.717) is 48.4 Å². The van der Waals surface area contributed by atoms with Gasteiger partial charge in [-0.2, -0.15) is 5.10 Å². The highest BCUT2D eigenvalue weighted by atomic mass is 16.5. The molecule has 1 amide bonds. The monoisotopic (exact) mass is 409 g/mol. The zero-order valence-corrected chi connectivity index (χ0v) is 17.1. The Morgan fingerprint density at radius 1 is 1.10 bits per heavy atom. The van der Waals surface area contributed by atoms with E-state index in [2.05, 4.69) is 15.1 Å². The number of para-hydroxylation sites is 1. The van der Waals surface area contributed by atoms with Crippen LogP contribution in [0.15, 0.2) is 42.7 Å². The van der Waals surface area contributed by atoms with Gasteiger partial charge < -0.3 is 19.1 Å². The lowest BCUT2D eigenvalue weighted by atomic mass is 10.1. The Balaban J connectivity index is 1.48. The fourth-order valence-corrected chi connectivity index (χ4v) is 3.52. The molecule has 1 aromatic carbocycles. The van der Waals surface area contributed by atoms with Gasteiger partial charge in [-0.3, -0.25) is 9.48 Å². The summed E-state index contributed by atoms with van der Waals surface area (Å²) in [6.07, 6.45) is 3.60. The van der Waals surface area contributed by atoms with Gasteiger partial charge in [0.05, 0.1) is 26.5 Å². The molecule has 1 fully saturated rings. The highest BCUT2D eigenvalue weighted by Gasteiger charge is 2.31. The molecule has 156 valence electrons. The minimum absolute atomic E-state index is 0.0941. The fraction of sp³-hybridized carbons (Fsp3) is 0.333. The van der Waals surface area contributed by atoms with Gasteiger partial charge in [0.25, 0.3) is 17.7 Å². The van der Waals surface area contributed by atoms with E-state index in [0.717, 1.165) is 5.56 Å². The standard InChI is InChI=1S/C21H23N5O4/c1-25-17(12-16(24-25)15-6-4-5-7-18(15)28-2)21(27)26-11-8-14(13-26)30-20-19(29-3)22-9-10-23-20/h4-7,9-10,12,14H,8,11,13H2,1-3H3. The summed E-state index contributed by atoms with van der Waals surface area (Å²) in [5.74, 6) is 1.28. The summed E-state index contributed by atoms with van der Waals surface area (Å²) in [4.78, 5) is 23.1. The molecular formula is C21H23N5O4. The first-order valence-corrected chi connectivity index (χ1v) is 9.59. The minimum atomic E-state index is -0.179.